The molecule has 2 heterocycles. The lowest BCUT2D eigenvalue weighted by Crippen LogP contribution is -2.35. The average molecular weight is 506 g/mol. The molecule has 30 heavy (non-hydrogen) atoms. The lowest BCUT2D eigenvalue weighted by molar-refractivity contribution is 0.145. The molecule has 0 saturated heterocycles. The molecule has 0 aliphatic carbocycles. The summed E-state index contributed by atoms with van der Waals surface area (Å²) < 4.78 is 44.4. The number of anilines is 2. The minimum Gasteiger partial charge on any atom is -0.467 e. The van der Waals surface area contributed by atoms with Gasteiger partial charge in [0.05, 0.1) is 46.9 Å². The van der Waals surface area contributed by atoms with Gasteiger partial charge in [-0.25, -0.2) is 27.9 Å². The molecule has 2 amide bonds. The van der Waals surface area contributed by atoms with Crippen LogP contribution in [0.15, 0.2) is 35.1 Å². The second-order valence-corrected chi connectivity index (χ2v) is 6.97. The third kappa shape index (κ3) is 4.82. The molecule has 0 saturated carbocycles. The zero-order valence-corrected chi connectivity index (χ0v) is 17.5. The number of nitrogens with one attached hydrogen (secondary N) is 2. The maximum absolute atomic E-state index is 13.4. The van der Waals surface area contributed by atoms with E-state index in [2.05, 4.69) is 41.4 Å². The third-order valence-electron chi connectivity index (χ3n) is 3.85. The fraction of sp³-hybridized carbons (Fsp3) is 0.176. The van der Waals surface area contributed by atoms with Gasteiger partial charge in [-0.1, -0.05) is 11.6 Å². The molecule has 3 rings (SSSR count). The number of alkyl halides is 2. The van der Waals surface area contributed by atoms with Crippen molar-refractivity contribution < 1.29 is 22.7 Å². The summed E-state index contributed by atoms with van der Waals surface area (Å²) in [4.78, 5) is 22.0. The van der Waals surface area contributed by atoms with Gasteiger partial charge in [0.25, 0.3) is 6.43 Å². The Morgan fingerprint density at radius 2 is 2.07 bits per heavy atom. The van der Waals surface area contributed by atoms with Crippen molar-refractivity contribution in [2.45, 2.75) is 13.0 Å². The SMILES string of the molecule is COc1ncc(N(Cc2n[nH]c(C(F)F)c2Br)C(=O)Nc2ccc(F)c(Cl)c2)cn1. The molecule has 0 radical (unpaired) electrons. The number of methoxy groups -OCH3 is 1. The maximum Gasteiger partial charge on any atom is 0.326 e. The Balaban J connectivity index is 1.91. The molecule has 0 atom stereocenters. The number of aromatic nitrogens is 4. The van der Waals surface area contributed by atoms with Crippen molar-refractivity contribution in [3.05, 3.63) is 57.3 Å². The lowest BCUT2D eigenvalue weighted by Gasteiger charge is -2.22. The summed E-state index contributed by atoms with van der Waals surface area (Å²) in [6.07, 6.45) is -0.150. The predicted octanol–water partition coefficient (Wildman–Crippen LogP) is 4.94. The van der Waals surface area contributed by atoms with Crippen LogP contribution in [0.1, 0.15) is 17.8 Å². The Kier molecular flexibility index (Phi) is 6.77. The monoisotopic (exact) mass is 504 g/mol. The molecule has 0 spiro atoms. The second-order valence-electron chi connectivity index (χ2n) is 5.77. The van der Waals surface area contributed by atoms with E-state index in [1.807, 2.05) is 0 Å². The van der Waals surface area contributed by atoms with E-state index in [1.54, 1.807) is 0 Å². The molecule has 2 aromatic heterocycles. The van der Waals surface area contributed by atoms with Crippen LogP contribution in [-0.4, -0.2) is 33.3 Å². The highest BCUT2D eigenvalue weighted by molar-refractivity contribution is 9.10. The van der Waals surface area contributed by atoms with E-state index >= 15 is 0 Å². The molecule has 0 aliphatic rings. The molecule has 13 heteroatoms. The summed E-state index contributed by atoms with van der Waals surface area (Å²) in [5.74, 6) is -0.643. The summed E-state index contributed by atoms with van der Waals surface area (Å²) in [5, 5.41) is 8.45. The van der Waals surface area contributed by atoms with E-state index in [0.717, 1.165) is 11.0 Å². The Morgan fingerprint density at radius 3 is 2.63 bits per heavy atom. The van der Waals surface area contributed by atoms with Crippen molar-refractivity contribution in [2.24, 2.45) is 0 Å². The number of hydrogen-bond acceptors (Lipinski definition) is 5. The van der Waals surface area contributed by atoms with Gasteiger partial charge in [0.15, 0.2) is 0 Å². The van der Waals surface area contributed by atoms with Gasteiger partial charge >= 0.3 is 12.0 Å². The van der Waals surface area contributed by atoms with E-state index in [0.29, 0.717) is 0 Å². The highest BCUT2D eigenvalue weighted by Crippen LogP contribution is 2.30. The summed E-state index contributed by atoms with van der Waals surface area (Å²) in [6, 6.07) is 3.04. The topological polar surface area (TPSA) is 96.0 Å². The van der Waals surface area contributed by atoms with Gasteiger partial charge in [-0.05, 0) is 34.1 Å². The van der Waals surface area contributed by atoms with Crippen molar-refractivity contribution >= 4 is 44.9 Å². The molecule has 0 unspecified atom stereocenters. The van der Waals surface area contributed by atoms with Crippen molar-refractivity contribution in [1.82, 2.24) is 20.2 Å². The van der Waals surface area contributed by atoms with Gasteiger partial charge in [-0.15, -0.1) is 0 Å². The third-order valence-corrected chi connectivity index (χ3v) is 5.03. The lowest BCUT2D eigenvalue weighted by atomic mass is 10.3. The van der Waals surface area contributed by atoms with Crippen LogP contribution < -0.4 is 15.0 Å². The quantitative estimate of drug-likeness (QED) is 0.495. The molecule has 158 valence electrons. The Bertz CT molecular complexity index is 1050. The highest BCUT2D eigenvalue weighted by atomic mass is 79.9. The van der Waals surface area contributed by atoms with Crippen LogP contribution in [0.25, 0.3) is 0 Å². The Labute approximate surface area is 181 Å². The Morgan fingerprint density at radius 1 is 1.37 bits per heavy atom. The number of aromatic amines is 1. The first-order valence-corrected chi connectivity index (χ1v) is 9.37. The standard InChI is InChI=1S/C17H13BrClF3N6O2/c1-30-16-23-5-9(6-24-16)28(7-12-13(18)14(15(21)22)27-26-12)17(29)25-8-2-3-11(20)10(19)4-8/h2-6,15H,7H2,1H3,(H,25,29)(H,26,27). The zero-order valence-electron chi connectivity index (χ0n) is 15.2. The highest BCUT2D eigenvalue weighted by Gasteiger charge is 2.24. The molecule has 2 N–H and O–H groups in total. The number of nitrogens with zero attached hydrogens (tertiary/aromatic N) is 4. The average Bonchev–Trinajstić information content (AvgIpc) is 3.09. The number of urea groups is 1. The number of halogens is 5. The van der Waals surface area contributed by atoms with Gasteiger partial charge in [0.1, 0.15) is 11.5 Å². The molecule has 1 aromatic carbocycles. The van der Waals surface area contributed by atoms with Crippen molar-refractivity contribution in [2.75, 3.05) is 17.3 Å². The van der Waals surface area contributed by atoms with E-state index in [4.69, 9.17) is 16.3 Å². The van der Waals surface area contributed by atoms with Crippen LogP contribution in [0.3, 0.4) is 0 Å². The number of amides is 2. The van der Waals surface area contributed by atoms with Crippen LogP contribution in [0.4, 0.5) is 29.3 Å². The molecule has 0 fully saturated rings. The fourth-order valence-corrected chi connectivity index (χ4v) is 3.04. The number of ether oxygens (including phenoxy) is 1. The minimum absolute atomic E-state index is 0.0366. The number of carbonyl (C=O) groups is 1. The minimum atomic E-state index is -2.78. The molecule has 0 aliphatic heterocycles. The first-order valence-electron chi connectivity index (χ1n) is 8.20. The number of benzene rings is 1. The summed E-state index contributed by atoms with van der Waals surface area (Å²) in [6.45, 7) is -0.208. The van der Waals surface area contributed by atoms with Crippen LogP contribution in [-0.2, 0) is 6.54 Å². The van der Waals surface area contributed by atoms with E-state index in [9.17, 15) is 18.0 Å². The van der Waals surface area contributed by atoms with E-state index in [-0.39, 0.29) is 39.1 Å². The van der Waals surface area contributed by atoms with Gasteiger partial charge < -0.3 is 10.1 Å². The summed E-state index contributed by atoms with van der Waals surface area (Å²) >= 11 is 8.81. The van der Waals surface area contributed by atoms with Crippen LogP contribution in [0.2, 0.25) is 5.02 Å². The number of hydrogen-bond donors (Lipinski definition) is 2. The first kappa shape index (κ1) is 21.8. The normalized spacial score (nSPS) is 10.9. The van der Waals surface area contributed by atoms with E-state index in [1.165, 1.54) is 31.6 Å². The van der Waals surface area contributed by atoms with Crippen LogP contribution in [0, 0.1) is 5.82 Å². The second kappa shape index (κ2) is 9.30. The molecular weight excluding hydrogens is 493 g/mol. The van der Waals surface area contributed by atoms with Gasteiger partial charge in [-0.2, -0.15) is 5.10 Å². The van der Waals surface area contributed by atoms with Crippen molar-refractivity contribution in [1.29, 1.82) is 0 Å². The largest absolute Gasteiger partial charge is 0.467 e. The van der Waals surface area contributed by atoms with Gasteiger partial charge in [0.2, 0.25) is 0 Å². The molecule has 8 nitrogen and oxygen atoms in total. The summed E-state index contributed by atoms with van der Waals surface area (Å²) in [5.41, 5.74) is 0.185. The number of rotatable bonds is 6. The van der Waals surface area contributed by atoms with Crippen LogP contribution in [0.5, 0.6) is 6.01 Å². The number of carbonyl (C=O) groups excluding carboxylic acids is 1. The smallest absolute Gasteiger partial charge is 0.326 e. The molecule has 3 aromatic rings. The fourth-order valence-electron chi connectivity index (χ4n) is 2.38. The van der Waals surface area contributed by atoms with Crippen molar-refractivity contribution in [3.63, 3.8) is 0 Å². The van der Waals surface area contributed by atoms with Crippen LogP contribution >= 0.6 is 27.5 Å². The number of H-pyrrole nitrogens is 1. The van der Waals surface area contributed by atoms with Crippen molar-refractivity contribution in [3.8, 4) is 6.01 Å². The summed E-state index contributed by atoms with van der Waals surface area (Å²) in [7, 11) is 1.38. The molecular formula is C17H13BrClF3N6O2. The molecule has 0 bridgehead atoms. The maximum atomic E-state index is 13.4. The zero-order chi connectivity index (χ0) is 21.8. The van der Waals surface area contributed by atoms with Gasteiger partial charge in [-0.3, -0.25) is 10.00 Å². The Hall–Kier alpha value is -2.86. The predicted molar refractivity (Wildman–Crippen MR) is 106 cm³/mol. The van der Waals surface area contributed by atoms with Gasteiger partial charge in [0, 0.05) is 5.69 Å². The first-order chi connectivity index (χ1) is 14.3. The van der Waals surface area contributed by atoms with E-state index < -0.39 is 24.0 Å².